The van der Waals surface area contributed by atoms with Crippen molar-refractivity contribution in [3.05, 3.63) is 42.2 Å². The zero-order valence-electron chi connectivity index (χ0n) is 12.2. The number of aromatic nitrogens is 2. The van der Waals surface area contributed by atoms with Crippen LogP contribution in [0.4, 0.5) is 0 Å². The number of carbonyl (C=O) groups excluding carboxylic acids is 1. The third-order valence-corrected chi connectivity index (χ3v) is 3.85. The molecule has 1 aromatic carbocycles. The summed E-state index contributed by atoms with van der Waals surface area (Å²) >= 11 is 1.42. The molecule has 6 heteroatoms. The number of amides is 1. The Morgan fingerprint density at radius 2 is 2.33 bits per heavy atom. The summed E-state index contributed by atoms with van der Waals surface area (Å²) in [7, 11) is 1.91. The average molecular weight is 305 g/mol. The molecular weight excluding hydrogens is 286 g/mol. The highest BCUT2D eigenvalue weighted by Gasteiger charge is 2.05. The van der Waals surface area contributed by atoms with Crippen molar-refractivity contribution in [1.82, 2.24) is 14.9 Å². The Hall–Kier alpha value is -1.95. The Bertz CT molecular complexity index is 598. The highest BCUT2D eigenvalue weighted by atomic mass is 32.2. The van der Waals surface area contributed by atoms with Crippen LogP contribution < -0.4 is 10.1 Å². The second kappa shape index (κ2) is 7.73. The zero-order valence-corrected chi connectivity index (χ0v) is 13.0. The SMILES string of the molecule is Cc1cccc(OCCNC(=O)CSc2nccn2C)c1. The van der Waals surface area contributed by atoms with Crippen LogP contribution in [0.25, 0.3) is 0 Å². The van der Waals surface area contributed by atoms with Gasteiger partial charge >= 0.3 is 0 Å². The van der Waals surface area contributed by atoms with Crippen LogP contribution in [0.2, 0.25) is 0 Å². The van der Waals surface area contributed by atoms with E-state index in [1.54, 1.807) is 6.20 Å². The van der Waals surface area contributed by atoms with Crippen molar-refractivity contribution in [2.45, 2.75) is 12.1 Å². The fourth-order valence-corrected chi connectivity index (χ4v) is 2.50. The highest BCUT2D eigenvalue weighted by Crippen LogP contribution is 2.13. The van der Waals surface area contributed by atoms with E-state index in [0.29, 0.717) is 18.9 Å². The largest absolute Gasteiger partial charge is 0.492 e. The lowest BCUT2D eigenvalue weighted by molar-refractivity contribution is -0.118. The number of rotatable bonds is 7. The van der Waals surface area contributed by atoms with Crippen molar-refractivity contribution < 1.29 is 9.53 Å². The minimum Gasteiger partial charge on any atom is -0.492 e. The third-order valence-electron chi connectivity index (χ3n) is 2.79. The van der Waals surface area contributed by atoms with Crippen LogP contribution >= 0.6 is 11.8 Å². The van der Waals surface area contributed by atoms with Crippen LogP contribution in [-0.4, -0.2) is 34.4 Å². The van der Waals surface area contributed by atoms with Crippen molar-refractivity contribution in [3.63, 3.8) is 0 Å². The van der Waals surface area contributed by atoms with Gasteiger partial charge in [-0.15, -0.1) is 0 Å². The lowest BCUT2D eigenvalue weighted by atomic mass is 10.2. The average Bonchev–Trinajstić information content (AvgIpc) is 2.87. The number of thioether (sulfide) groups is 1. The van der Waals surface area contributed by atoms with Crippen molar-refractivity contribution in [1.29, 1.82) is 0 Å². The summed E-state index contributed by atoms with van der Waals surface area (Å²) in [6, 6.07) is 7.85. The molecule has 0 unspecified atom stereocenters. The van der Waals surface area contributed by atoms with Gasteiger partial charge in [0.25, 0.3) is 0 Å². The molecule has 2 rings (SSSR count). The number of aryl methyl sites for hydroxylation is 2. The molecule has 1 aromatic heterocycles. The monoisotopic (exact) mass is 305 g/mol. The number of carbonyl (C=O) groups is 1. The van der Waals surface area contributed by atoms with Crippen LogP contribution in [0.1, 0.15) is 5.56 Å². The lowest BCUT2D eigenvalue weighted by Crippen LogP contribution is -2.29. The van der Waals surface area contributed by atoms with Crippen LogP contribution in [0.5, 0.6) is 5.75 Å². The molecule has 1 heterocycles. The summed E-state index contributed by atoms with van der Waals surface area (Å²) in [6.45, 7) is 2.97. The summed E-state index contributed by atoms with van der Waals surface area (Å²) in [5, 5.41) is 3.66. The summed E-state index contributed by atoms with van der Waals surface area (Å²) in [4.78, 5) is 15.8. The van der Waals surface area contributed by atoms with Gasteiger partial charge in [-0.2, -0.15) is 0 Å². The van der Waals surface area contributed by atoms with Crippen molar-refractivity contribution in [3.8, 4) is 5.75 Å². The number of ether oxygens (including phenoxy) is 1. The van der Waals surface area contributed by atoms with Gasteiger partial charge in [0.15, 0.2) is 5.16 Å². The van der Waals surface area contributed by atoms with Crippen molar-refractivity contribution in [2.75, 3.05) is 18.9 Å². The Morgan fingerprint density at radius 1 is 1.48 bits per heavy atom. The van der Waals surface area contributed by atoms with Gasteiger partial charge in [-0.3, -0.25) is 4.79 Å². The number of nitrogens with zero attached hydrogens (tertiary/aromatic N) is 2. The molecule has 0 fully saturated rings. The first-order chi connectivity index (χ1) is 10.1. The van der Waals surface area contributed by atoms with E-state index in [4.69, 9.17) is 4.74 Å². The molecule has 0 aliphatic rings. The molecule has 0 radical (unpaired) electrons. The number of benzene rings is 1. The highest BCUT2D eigenvalue weighted by molar-refractivity contribution is 7.99. The molecule has 0 saturated heterocycles. The summed E-state index contributed by atoms with van der Waals surface area (Å²) in [5.74, 6) is 1.16. The fourth-order valence-electron chi connectivity index (χ4n) is 1.74. The first kappa shape index (κ1) is 15.4. The molecule has 0 saturated carbocycles. The molecule has 0 atom stereocenters. The standard InChI is InChI=1S/C15H19N3O2S/c1-12-4-3-5-13(10-12)20-9-7-16-14(19)11-21-15-17-6-8-18(15)2/h3-6,8,10H,7,9,11H2,1-2H3,(H,16,19). The summed E-state index contributed by atoms with van der Waals surface area (Å²) in [6.07, 6.45) is 3.58. The van der Waals surface area contributed by atoms with Gasteiger partial charge in [0.1, 0.15) is 12.4 Å². The van der Waals surface area contributed by atoms with Gasteiger partial charge in [0.05, 0.1) is 12.3 Å². The van der Waals surface area contributed by atoms with Gasteiger partial charge in [-0.25, -0.2) is 4.98 Å². The van der Waals surface area contributed by atoms with Crippen LogP contribution in [0, 0.1) is 6.92 Å². The molecule has 1 amide bonds. The predicted molar refractivity (Wildman–Crippen MR) is 83.6 cm³/mol. The molecule has 1 N–H and O–H groups in total. The first-order valence-corrected chi connectivity index (χ1v) is 7.70. The number of imidazole rings is 1. The van der Waals surface area contributed by atoms with E-state index in [-0.39, 0.29) is 5.91 Å². The molecule has 2 aromatic rings. The van der Waals surface area contributed by atoms with E-state index < -0.39 is 0 Å². The Morgan fingerprint density at radius 3 is 3.05 bits per heavy atom. The maximum Gasteiger partial charge on any atom is 0.230 e. The van der Waals surface area contributed by atoms with Crippen molar-refractivity contribution >= 4 is 17.7 Å². The summed E-state index contributed by atoms with van der Waals surface area (Å²) < 4.78 is 7.46. The molecule has 5 nitrogen and oxygen atoms in total. The molecule has 0 aliphatic carbocycles. The zero-order chi connectivity index (χ0) is 15.1. The van der Waals surface area contributed by atoms with Crippen LogP contribution in [0.15, 0.2) is 41.8 Å². The second-order valence-corrected chi connectivity index (χ2v) is 5.57. The van der Waals surface area contributed by atoms with Gasteiger partial charge in [-0.05, 0) is 24.6 Å². The smallest absolute Gasteiger partial charge is 0.230 e. The minimum atomic E-state index is -0.0177. The Kier molecular flexibility index (Phi) is 5.68. The van der Waals surface area contributed by atoms with E-state index in [0.717, 1.165) is 16.5 Å². The Labute approximate surface area is 128 Å². The number of nitrogens with one attached hydrogen (secondary N) is 1. The van der Waals surface area contributed by atoms with E-state index in [1.807, 2.05) is 49.0 Å². The number of hydrogen-bond acceptors (Lipinski definition) is 4. The van der Waals surface area contributed by atoms with E-state index in [1.165, 1.54) is 11.8 Å². The minimum absolute atomic E-state index is 0.0177. The fraction of sp³-hybridized carbons (Fsp3) is 0.333. The molecule has 0 aliphatic heterocycles. The normalized spacial score (nSPS) is 10.4. The second-order valence-electron chi connectivity index (χ2n) is 4.62. The van der Waals surface area contributed by atoms with Gasteiger partial charge in [0, 0.05) is 19.4 Å². The molecule has 0 bridgehead atoms. The molecular formula is C15H19N3O2S. The number of hydrogen-bond donors (Lipinski definition) is 1. The molecule has 112 valence electrons. The van der Waals surface area contributed by atoms with Crippen LogP contribution in [-0.2, 0) is 11.8 Å². The quantitative estimate of drug-likeness (QED) is 0.628. The Balaban J connectivity index is 1.62. The molecule has 0 spiro atoms. The maximum atomic E-state index is 11.7. The van der Waals surface area contributed by atoms with Gasteiger partial charge in [0.2, 0.25) is 5.91 Å². The maximum absolute atomic E-state index is 11.7. The van der Waals surface area contributed by atoms with E-state index >= 15 is 0 Å². The molecule has 21 heavy (non-hydrogen) atoms. The summed E-state index contributed by atoms with van der Waals surface area (Å²) in [5.41, 5.74) is 1.16. The first-order valence-electron chi connectivity index (χ1n) is 6.71. The topological polar surface area (TPSA) is 56.1 Å². The van der Waals surface area contributed by atoms with Crippen LogP contribution in [0.3, 0.4) is 0 Å². The predicted octanol–water partition coefficient (Wildman–Crippen LogP) is 2.02. The van der Waals surface area contributed by atoms with Gasteiger partial charge in [-0.1, -0.05) is 23.9 Å². The third kappa shape index (κ3) is 5.15. The van der Waals surface area contributed by atoms with Gasteiger partial charge < -0.3 is 14.6 Å². The lowest BCUT2D eigenvalue weighted by Gasteiger charge is -2.08. The van der Waals surface area contributed by atoms with E-state index in [9.17, 15) is 4.79 Å². The van der Waals surface area contributed by atoms with Crippen molar-refractivity contribution in [2.24, 2.45) is 7.05 Å². The van der Waals surface area contributed by atoms with E-state index in [2.05, 4.69) is 10.3 Å².